The topological polar surface area (TPSA) is 55.6 Å². The van der Waals surface area contributed by atoms with Crippen molar-refractivity contribution in [2.24, 2.45) is 0 Å². The summed E-state index contributed by atoms with van der Waals surface area (Å²) in [4.78, 5) is 1.23. The molecule has 2 heterocycles. The lowest BCUT2D eigenvalue weighted by molar-refractivity contribution is 0.788. The lowest BCUT2D eigenvalue weighted by atomic mass is 10.2. The first kappa shape index (κ1) is 14.5. The van der Waals surface area contributed by atoms with Gasteiger partial charge in [0.05, 0.1) is 26.2 Å². The van der Waals surface area contributed by atoms with Gasteiger partial charge in [-0.3, -0.25) is 0 Å². The summed E-state index contributed by atoms with van der Waals surface area (Å²) in [5, 5.41) is 15.2. The highest BCUT2D eigenvalue weighted by Crippen LogP contribution is 2.32. The van der Waals surface area contributed by atoms with Gasteiger partial charge in [-0.15, -0.1) is 16.4 Å². The highest BCUT2D eigenvalue weighted by Gasteiger charge is 2.11. The van der Waals surface area contributed by atoms with Crippen molar-refractivity contribution in [3.05, 3.63) is 50.3 Å². The maximum Gasteiger partial charge on any atom is 0.143 e. The lowest BCUT2D eigenvalue weighted by Crippen LogP contribution is -2.06. The molecule has 108 valence electrons. The summed E-state index contributed by atoms with van der Waals surface area (Å²) in [5.74, 6) is 0. The van der Waals surface area contributed by atoms with Crippen molar-refractivity contribution in [1.82, 2.24) is 20.2 Å². The number of anilines is 1. The number of halogens is 2. The van der Waals surface area contributed by atoms with E-state index >= 15 is 0 Å². The molecule has 0 aliphatic carbocycles. The first-order chi connectivity index (χ1) is 10.1. The molecule has 0 spiro atoms. The standard InChI is InChI=1S/C13H11BrClN5S/c1-8(12-4-5-13(14)21-12)17-11-6-9(2-3-10(11)15)20-7-16-18-19-20/h2-8,17H,1H3. The van der Waals surface area contributed by atoms with Crippen LogP contribution in [0.1, 0.15) is 17.8 Å². The Bertz CT molecular complexity index is 743. The molecule has 0 fully saturated rings. The second-order valence-corrected chi connectivity index (χ2v) is 7.33. The molecule has 2 aromatic heterocycles. The maximum absolute atomic E-state index is 6.27. The highest BCUT2D eigenvalue weighted by molar-refractivity contribution is 9.11. The fourth-order valence-electron chi connectivity index (χ4n) is 1.91. The van der Waals surface area contributed by atoms with E-state index in [1.165, 1.54) is 4.88 Å². The van der Waals surface area contributed by atoms with Gasteiger partial charge in [0.15, 0.2) is 0 Å². The molecule has 5 nitrogen and oxygen atoms in total. The number of nitrogens with zero attached hydrogens (tertiary/aromatic N) is 4. The van der Waals surface area contributed by atoms with Gasteiger partial charge < -0.3 is 5.32 Å². The van der Waals surface area contributed by atoms with E-state index in [9.17, 15) is 0 Å². The van der Waals surface area contributed by atoms with Crippen LogP contribution in [0, 0.1) is 0 Å². The predicted octanol–water partition coefficient (Wildman–Crippen LogP) is 4.31. The molecule has 8 heteroatoms. The van der Waals surface area contributed by atoms with E-state index in [0.29, 0.717) is 5.02 Å². The molecule has 3 rings (SSSR count). The normalized spacial score (nSPS) is 12.3. The second kappa shape index (κ2) is 6.13. The number of hydrogen-bond donors (Lipinski definition) is 1. The summed E-state index contributed by atoms with van der Waals surface area (Å²) < 4.78 is 2.70. The third-order valence-electron chi connectivity index (χ3n) is 2.96. The van der Waals surface area contributed by atoms with Gasteiger partial charge >= 0.3 is 0 Å². The Morgan fingerprint density at radius 1 is 1.33 bits per heavy atom. The Hall–Kier alpha value is -1.44. The number of thiophene rings is 1. The quantitative estimate of drug-likeness (QED) is 0.728. The van der Waals surface area contributed by atoms with Gasteiger partial charge in [0, 0.05) is 4.88 Å². The molecule has 1 atom stereocenters. The van der Waals surface area contributed by atoms with Crippen molar-refractivity contribution in [3.63, 3.8) is 0 Å². The molecule has 0 aliphatic heterocycles. The Kier molecular flexibility index (Phi) is 4.23. The summed E-state index contributed by atoms with van der Waals surface area (Å²) in [6, 6.07) is 9.91. The molecule has 1 unspecified atom stereocenters. The Labute approximate surface area is 139 Å². The number of tetrazole rings is 1. The van der Waals surface area contributed by atoms with E-state index in [0.717, 1.165) is 15.2 Å². The smallest absolute Gasteiger partial charge is 0.143 e. The lowest BCUT2D eigenvalue weighted by Gasteiger charge is -2.16. The van der Waals surface area contributed by atoms with E-state index in [4.69, 9.17) is 11.6 Å². The first-order valence-electron chi connectivity index (χ1n) is 6.18. The zero-order valence-corrected chi connectivity index (χ0v) is 14.2. The van der Waals surface area contributed by atoms with Gasteiger partial charge in [-0.05, 0) is 63.6 Å². The summed E-state index contributed by atoms with van der Waals surface area (Å²) >= 11 is 11.4. The van der Waals surface area contributed by atoms with Crippen molar-refractivity contribution < 1.29 is 0 Å². The van der Waals surface area contributed by atoms with E-state index < -0.39 is 0 Å². The van der Waals surface area contributed by atoms with E-state index in [-0.39, 0.29) is 6.04 Å². The molecule has 1 N–H and O–H groups in total. The van der Waals surface area contributed by atoms with Crippen molar-refractivity contribution in [1.29, 1.82) is 0 Å². The van der Waals surface area contributed by atoms with E-state index in [2.05, 4.69) is 49.8 Å². The van der Waals surface area contributed by atoms with Crippen LogP contribution in [0.3, 0.4) is 0 Å². The fraction of sp³-hybridized carbons (Fsp3) is 0.154. The van der Waals surface area contributed by atoms with Crippen molar-refractivity contribution in [2.75, 3.05) is 5.32 Å². The molecule has 1 aromatic carbocycles. The third kappa shape index (κ3) is 3.25. The molecule has 0 amide bonds. The molecule has 0 saturated heterocycles. The maximum atomic E-state index is 6.27. The number of hydrogen-bond acceptors (Lipinski definition) is 5. The van der Waals surface area contributed by atoms with Gasteiger partial charge in [0.25, 0.3) is 0 Å². The minimum absolute atomic E-state index is 0.155. The molecule has 0 radical (unpaired) electrons. The first-order valence-corrected chi connectivity index (χ1v) is 8.17. The molecule has 0 aliphatic rings. The van der Waals surface area contributed by atoms with Crippen LogP contribution in [0.4, 0.5) is 5.69 Å². The molecular formula is C13H11BrClN5S. The van der Waals surface area contributed by atoms with Crippen LogP contribution < -0.4 is 5.32 Å². The van der Waals surface area contributed by atoms with Crippen LogP contribution in [0.15, 0.2) is 40.4 Å². The SMILES string of the molecule is CC(Nc1cc(-n2cnnn2)ccc1Cl)c1ccc(Br)s1. The number of rotatable bonds is 4. The second-order valence-electron chi connectivity index (χ2n) is 4.43. The van der Waals surface area contributed by atoms with Gasteiger partial charge in [-0.2, -0.15) is 0 Å². The predicted molar refractivity (Wildman–Crippen MR) is 88.2 cm³/mol. The number of aromatic nitrogens is 4. The van der Waals surface area contributed by atoms with Gasteiger partial charge in [0.1, 0.15) is 6.33 Å². The van der Waals surface area contributed by atoms with Crippen molar-refractivity contribution in [2.45, 2.75) is 13.0 Å². The highest BCUT2D eigenvalue weighted by atomic mass is 79.9. The van der Waals surface area contributed by atoms with Crippen LogP contribution >= 0.6 is 38.9 Å². The minimum Gasteiger partial charge on any atom is -0.376 e. The van der Waals surface area contributed by atoms with E-state index in [1.54, 1.807) is 22.3 Å². The van der Waals surface area contributed by atoms with Crippen molar-refractivity contribution in [3.8, 4) is 5.69 Å². The monoisotopic (exact) mass is 383 g/mol. The van der Waals surface area contributed by atoms with Crippen LogP contribution in [-0.2, 0) is 0 Å². The number of benzene rings is 1. The molecule has 21 heavy (non-hydrogen) atoms. The number of nitrogens with one attached hydrogen (secondary N) is 1. The molecule has 0 saturated carbocycles. The van der Waals surface area contributed by atoms with E-state index in [1.807, 2.05) is 24.3 Å². The summed E-state index contributed by atoms with van der Waals surface area (Å²) in [5.41, 5.74) is 1.70. The van der Waals surface area contributed by atoms with Crippen LogP contribution in [-0.4, -0.2) is 20.2 Å². The summed E-state index contributed by atoms with van der Waals surface area (Å²) in [7, 11) is 0. The minimum atomic E-state index is 0.155. The van der Waals surface area contributed by atoms with Crippen LogP contribution in [0.5, 0.6) is 0 Å². The van der Waals surface area contributed by atoms with Crippen LogP contribution in [0.25, 0.3) is 5.69 Å². The zero-order chi connectivity index (χ0) is 14.8. The Morgan fingerprint density at radius 2 is 2.19 bits per heavy atom. The largest absolute Gasteiger partial charge is 0.376 e. The average Bonchev–Trinajstić information content (AvgIpc) is 3.12. The Morgan fingerprint density at radius 3 is 2.86 bits per heavy atom. The summed E-state index contributed by atoms with van der Waals surface area (Å²) in [6.45, 7) is 2.10. The van der Waals surface area contributed by atoms with Crippen LogP contribution in [0.2, 0.25) is 5.02 Å². The van der Waals surface area contributed by atoms with Crippen molar-refractivity contribution >= 4 is 44.6 Å². The Balaban J connectivity index is 1.86. The molecular weight excluding hydrogens is 374 g/mol. The van der Waals surface area contributed by atoms with Gasteiger partial charge in [-0.25, -0.2) is 4.68 Å². The third-order valence-corrected chi connectivity index (χ3v) is 5.09. The molecule has 0 bridgehead atoms. The fourth-order valence-corrected chi connectivity index (χ4v) is 3.51. The van der Waals surface area contributed by atoms with Gasteiger partial charge in [-0.1, -0.05) is 11.6 Å². The molecule has 3 aromatic rings. The average molecular weight is 385 g/mol. The zero-order valence-electron chi connectivity index (χ0n) is 11.0. The summed E-state index contributed by atoms with van der Waals surface area (Å²) in [6.07, 6.45) is 1.55. The van der Waals surface area contributed by atoms with Gasteiger partial charge in [0.2, 0.25) is 0 Å².